The number of hydrogen-bond acceptors (Lipinski definition) is 4. The number of carbonyl (C=O) groups excluding carboxylic acids is 1. The van der Waals surface area contributed by atoms with E-state index in [9.17, 15) is 4.79 Å². The summed E-state index contributed by atoms with van der Waals surface area (Å²) in [6, 6.07) is 9.55. The minimum Gasteiger partial charge on any atom is -0.460 e. The van der Waals surface area contributed by atoms with Crippen LogP contribution in [0.4, 0.5) is 0 Å². The highest BCUT2D eigenvalue weighted by atomic mass is 28.4. The summed E-state index contributed by atoms with van der Waals surface area (Å²) < 4.78 is 11.9. The van der Waals surface area contributed by atoms with Crippen molar-refractivity contribution in [3.63, 3.8) is 0 Å². The first-order chi connectivity index (χ1) is 11.7. The van der Waals surface area contributed by atoms with Gasteiger partial charge < -0.3 is 14.5 Å². The molecule has 0 spiro atoms. The van der Waals surface area contributed by atoms with Gasteiger partial charge in [-0.2, -0.15) is 0 Å². The van der Waals surface area contributed by atoms with Gasteiger partial charge in [0.1, 0.15) is 12.6 Å². The fraction of sp³-hybridized carbons (Fsp3) is 0.650. The summed E-state index contributed by atoms with van der Waals surface area (Å²) in [5.41, 5.74) is 1.01. The van der Waals surface area contributed by atoms with Gasteiger partial charge in [0, 0.05) is 12.5 Å². The first kappa shape index (κ1) is 20.1. The van der Waals surface area contributed by atoms with E-state index < -0.39 is 8.32 Å². The molecule has 1 aromatic rings. The molecule has 2 rings (SSSR count). The Bertz CT molecular complexity index is 554. The average Bonchev–Trinajstić information content (AvgIpc) is 2.58. The fourth-order valence-corrected chi connectivity index (χ4v) is 3.82. The predicted octanol–water partition coefficient (Wildman–Crippen LogP) is 4.12. The number of carbonyl (C=O) groups is 1. The van der Waals surface area contributed by atoms with E-state index in [1.807, 2.05) is 30.3 Å². The molecule has 1 fully saturated rings. The van der Waals surface area contributed by atoms with Gasteiger partial charge in [-0.3, -0.25) is 4.79 Å². The molecule has 0 radical (unpaired) electrons. The lowest BCUT2D eigenvalue weighted by Gasteiger charge is -2.39. The lowest BCUT2D eigenvalue weighted by molar-refractivity contribution is -0.150. The van der Waals surface area contributed by atoms with Crippen molar-refractivity contribution in [2.75, 3.05) is 13.2 Å². The smallest absolute Gasteiger partial charge is 0.323 e. The van der Waals surface area contributed by atoms with E-state index in [0.717, 1.165) is 24.9 Å². The molecule has 1 saturated heterocycles. The molecule has 1 aromatic carbocycles. The van der Waals surface area contributed by atoms with Crippen molar-refractivity contribution in [2.45, 2.75) is 64.4 Å². The fourth-order valence-electron chi connectivity index (χ4n) is 2.76. The summed E-state index contributed by atoms with van der Waals surface area (Å²) in [4.78, 5) is 12.6. The van der Waals surface area contributed by atoms with Crippen LogP contribution in [-0.2, 0) is 20.6 Å². The monoisotopic (exact) mass is 363 g/mol. The molecular formula is C20H33NO3Si. The molecule has 1 heterocycles. The summed E-state index contributed by atoms with van der Waals surface area (Å²) in [6.07, 6.45) is 2.08. The first-order valence-corrected chi connectivity index (χ1v) is 12.2. The van der Waals surface area contributed by atoms with Gasteiger partial charge in [-0.1, -0.05) is 51.1 Å². The molecule has 1 aliphatic rings. The molecular weight excluding hydrogens is 330 g/mol. The van der Waals surface area contributed by atoms with Crippen LogP contribution >= 0.6 is 0 Å². The molecule has 4 nitrogen and oxygen atoms in total. The van der Waals surface area contributed by atoms with Crippen LogP contribution < -0.4 is 5.32 Å². The van der Waals surface area contributed by atoms with Gasteiger partial charge in [-0.15, -0.1) is 0 Å². The number of hydrogen-bond donors (Lipinski definition) is 1. The normalized spacial score (nSPS) is 21.8. The zero-order valence-corrected chi connectivity index (χ0v) is 17.3. The van der Waals surface area contributed by atoms with Crippen LogP contribution in [0.2, 0.25) is 18.1 Å². The quantitative estimate of drug-likeness (QED) is 0.610. The van der Waals surface area contributed by atoms with Crippen LogP contribution in [-0.4, -0.2) is 33.5 Å². The second-order valence-corrected chi connectivity index (χ2v) is 13.3. The zero-order chi connectivity index (χ0) is 18.5. The Balaban J connectivity index is 1.92. The van der Waals surface area contributed by atoms with Crippen molar-refractivity contribution in [1.82, 2.24) is 5.32 Å². The van der Waals surface area contributed by atoms with Crippen molar-refractivity contribution in [3.05, 3.63) is 35.9 Å². The van der Waals surface area contributed by atoms with Gasteiger partial charge in [0.2, 0.25) is 0 Å². The van der Waals surface area contributed by atoms with Crippen LogP contribution in [0, 0.1) is 5.92 Å². The van der Waals surface area contributed by atoms with Crippen LogP contribution in [0.5, 0.6) is 0 Å². The minimum absolute atomic E-state index is 0.160. The van der Waals surface area contributed by atoms with Crippen molar-refractivity contribution in [3.8, 4) is 0 Å². The molecule has 2 atom stereocenters. The zero-order valence-electron chi connectivity index (χ0n) is 16.3. The Hall–Kier alpha value is -1.17. The summed E-state index contributed by atoms with van der Waals surface area (Å²) in [5.74, 6) is 0.0264. The van der Waals surface area contributed by atoms with Gasteiger partial charge in [0.15, 0.2) is 8.32 Å². The van der Waals surface area contributed by atoms with Crippen molar-refractivity contribution in [1.29, 1.82) is 0 Å². The van der Waals surface area contributed by atoms with Crippen molar-refractivity contribution >= 4 is 14.3 Å². The van der Waals surface area contributed by atoms with E-state index in [-0.39, 0.29) is 23.0 Å². The number of nitrogens with one attached hydrogen (secondary N) is 1. The molecule has 0 aromatic heterocycles. The second kappa shape index (κ2) is 8.47. The first-order valence-electron chi connectivity index (χ1n) is 9.28. The summed E-state index contributed by atoms with van der Waals surface area (Å²) >= 11 is 0. The van der Waals surface area contributed by atoms with Crippen LogP contribution in [0.25, 0.3) is 0 Å². The Morgan fingerprint density at radius 3 is 2.56 bits per heavy atom. The SMILES string of the molecule is CC(C)(C)[Si](C)(C)OCC1CCCNC1C(=O)OCc1ccccc1. The molecule has 25 heavy (non-hydrogen) atoms. The van der Waals surface area contributed by atoms with E-state index in [2.05, 4.69) is 39.2 Å². The Labute approximate surface area is 153 Å². The number of esters is 1. The number of piperidine rings is 1. The highest BCUT2D eigenvalue weighted by Gasteiger charge is 2.39. The maximum Gasteiger partial charge on any atom is 0.323 e. The third kappa shape index (κ3) is 5.66. The largest absolute Gasteiger partial charge is 0.460 e. The van der Waals surface area contributed by atoms with E-state index in [4.69, 9.17) is 9.16 Å². The van der Waals surface area contributed by atoms with Crippen LogP contribution in [0.1, 0.15) is 39.2 Å². The van der Waals surface area contributed by atoms with Crippen molar-refractivity contribution < 1.29 is 14.0 Å². The molecule has 0 saturated carbocycles. The van der Waals surface area contributed by atoms with E-state index >= 15 is 0 Å². The third-order valence-electron chi connectivity index (χ3n) is 5.53. The number of ether oxygens (including phenoxy) is 1. The van der Waals surface area contributed by atoms with Crippen LogP contribution in [0.3, 0.4) is 0 Å². The highest BCUT2D eigenvalue weighted by Crippen LogP contribution is 2.37. The minimum atomic E-state index is -1.80. The van der Waals surface area contributed by atoms with E-state index in [1.54, 1.807) is 0 Å². The summed E-state index contributed by atoms with van der Waals surface area (Å²) in [7, 11) is -1.80. The molecule has 0 amide bonds. The van der Waals surface area contributed by atoms with E-state index in [1.165, 1.54) is 0 Å². The van der Waals surface area contributed by atoms with Crippen molar-refractivity contribution in [2.24, 2.45) is 5.92 Å². The maximum atomic E-state index is 12.6. The van der Waals surface area contributed by atoms with E-state index in [0.29, 0.717) is 13.2 Å². The van der Waals surface area contributed by atoms with Gasteiger partial charge in [-0.25, -0.2) is 0 Å². The standard InChI is InChI=1S/C20H33NO3Si/c1-20(2,3)25(4,5)24-15-17-12-9-13-21-18(17)19(22)23-14-16-10-7-6-8-11-16/h6-8,10-11,17-18,21H,9,12-15H2,1-5H3. The lowest BCUT2D eigenvalue weighted by Crippen LogP contribution is -2.51. The molecule has 5 heteroatoms. The van der Waals surface area contributed by atoms with Gasteiger partial charge in [0.25, 0.3) is 0 Å². The summed E-state index contributed by atoms with van der Waals surface area (Å²) in [6.45, 7) is 13.1. The molecule has 0 bridgehead atoms. The maximum absolute atomic E-state index is 12.6. The average molecular weight is 364 g/mol. The Morgan fingerprint density at radius 2 is 1.92 bits per heavy atom. The molecule has 1 N–H and O–H groups in total. The number of benzene rings is 1. The van der Waals surface area contributed by atoms with Gasteiger partial charge in [0.05, 0.1) is 0 Å². The highest BCUT2D eigenvalue weighted by molar-refractivity contribution is 6.74. The Morgan fingerprint density at radius 1 is 1.24 bits per heavy atom. The topological polar surface area (TPSA) is 47.6 Å². The van der Waals surface area contributed by atoms with Gasteiger partial charge >= 0.3 is 5.97 Å². The second-order valence-electron chi connectivity index (χ2n) is 8.50. The number of rotatable bonds is 6. The Kier molecular flexibility index (Phi) is 6.83. The molecule has 1 aliphatic heterocycles. The molecule has 0 aliphatic carbocycles. The third-order valence-corrected chi connectivity index (χ3v) is 10.0. The molecule has 140 valence electrons. The lowest BCUT2D eigenvalue weighted by atomic mass is 9.92. The summed E-state index contributed by atoms with van der Waals surface area (Å²) in [5, 5.41) is 3.52. The predicted molar refractivity (Wildman–Crippen MR) is 104 cm³/mol. The molecule has 2 unspecified atom stereocenters. The van der Waals surface area contributed by atoms with Gasteiger partial charge in [-0.05, 0) is 43.1 Å². The van der Waals surface area contributed by atoms with Crippen LogP contribution in [0.15, 0.2) is 30.3 Å².